The molecule has 1 aromatic rings. The van der Waals surface area contributed by atoms with E-state index in [1.807, 2.05) is 13.0 Å². The number of halogens is 1. The molecule has 0 radical (unpaired) electrons. The first-order chi connectivity index (χ1) is 7.41. The minimum absolute atomic E-state index is 0.549. The first-order valence-corrected chi connectivity index (χ1v) is 6.02. The zero-order valence-corrected chi connectivity index (χ0v) is 11.2. The van der Waals surface area contributed by atoms with E-state index in [0.717, 1.165) is 21.3 Å². The van der Waals surface area contributed by atoms with Crippen LogP contribution in [0.5, 0.6) is 11.5 Å². The molecule has 0 bridgehead atoms. The van der Waals surface area contributed by atoms with E-state index in [1.54, 1.807) is 13.8 Å². The van der Waals surface area contributed by atoms with Gasteiger partial charge in [0, 0.05) is 0 Å². The van der Waals surface area contributed by atoms with Crippen molar-refractivity contribution in [3.8, 4) is 11.5 Å². The summed E-state index contributed by atoms with van der Waals surface area (Å²) in [7, 11) is 0. The number of hydrogen-bond donors (Lipinski definition) is 1. The normalized spacial score (nSPS) is 15.1. The molecule has 1 aliphatic heterocycles. The summed E-state index contributed by atoms with van der Waals surface area (Å²) in [6, 6.07) is 1.86. The van der Waals surface area contributed by atoms with Gasteiger partial charge in [0.15, 0.2) is 11.5 Å². The molecule has 2 rings (SSSR count). The fourth-order valence-electron chi connectivity index (χ4n) is 1.87. The van der Waals surface area contributed by atoms with Crippen molar-refractivity contribution >= 4 is 15.9 Å². The van der Waals surface area contributed by atoms with Gasteiger partial charge in [-0.05, 0) is 53.9 Å². The van der Waals surface area contributed by atoms with Crippen LogP contribution in [0.2, 0.25) is 0 Å². The lowest BCUT2D eigenvalue weighted by atomic mass is 9.93. The lowest BCUT2D eigenvalue weighted by Crippen LogP contribution is -2.21. The molecule has 0 spiro atoms. The van der Waals surface area contributed by atoms with Gasteiger partial charge in [0.1, 0.15) is 13.2 Å². The average molecular weight is 287 g/mol. The Morgan fingerprint density at radius 2 is 1.94 bits per heavy atom. The number of ether oxygens (including phenoxy) is 2. The highest BCUT2D eigenvalue weighted by atomic mass is 79.9. The van der Waals surface area contributed by atoms with Crippen LogP contribution in [-0.2, 0) is 5.60 Å². The van der Waals surface area contributed by atoms with E-state index < -0.39 is 5.60 Å². The van der Waals surface area contributed by atoms with Gasteiger partial charge in [-0.1, -0.05) is 0 Å². The van der Waals surface area contributed by atoms with Gasteiger partial charge in [0.05, 0.1) is 10.1 Å². The first-order valence-electron chi connectivity index (χ1n) is 5.23. The van der Waals surface area contributed by atoms with Crippen LogP contribution >= 0.6 is 15.9 Å². The Morgan fingerprint density at radius 1 is 1.31 bits per heavy atom. The Morgan fingerprint density at radius 3 is 2.56 bits per heavy atom. The second-order valence-electron chi connectivity index (χ2n) is 4.45. The van der Waals surface area contributed by atoms with Crippen LogP contribution in [0.25, 0.3) is 0 Å². The van der Waals surface area contributed by atoms with Crippen molar-refractivity contribution in [1.29, 1.82) is 0 Å². The number of rotatable bonds is 1. The second kappa shape index (κ2) is 3.93. The van der Waals surface area contributed by atoms with E-state index in [9.17, 15) is 5.11 Å². The first kappa shape index (κ1) is 11.7. The van der Waals surface area contributed by atoms with Crippen molar-refractivity contribution in [3.63, 3.8) is 0 Å². The van der Waals surface area contributed by atoms with E-state index in [4.69, 9.17) is 9.47 Å². The molecule has 0 aromatic heterocycles. The van der Waals surface area contributed by atoms with E-state index in [0.29, 0.717) is 19.0 Å². The lowest BCUT2D eigenvalue weighted by Gasteiger charge is -2.26. The molecule has 0 fully saturated rings. The van der Waals surface area contributed by atoms with Gasteiger partial charge in [-0.3, -0.25) is 0 Å². The van der Waals surface area contributed by atoms with Crippen molar-refractivity contribution in [2.24, 2.45) is 0 Å². The molecule has 0 saturated carbocycles. The van der Waals surface area contributed by atoms with E-state index in [1.165, 1.54) is 0 Å². The van der Waals surface area contributed by atoms with Crippen molar-refractivity contribution < 1.29 is 14.6 Å². The van der Waals surface area contributed by atoms with Gasteiger partial charge < -0.3 is 14.6 Å². The lowest BCUT2D eigenvalue weighted by molar-refractivity contribution is 0.0768. The molecule has 16 heavy (non-hydrogen) atoms. The average Bonchev–Trinajstić information content (AvgIpc) is 2.22. The number of fused-ring (bicyclic) bond motifs is 1. The summed E-state index contributed by atoms with van der Waals surface area (Å²) >= 11 is 3.49. The van der Waals surface area contributed by atoms with Crippen LogP contribution in [0.15, 0.2) is 10.5 Å². The third-order valence-electron chi connectivity index (χ3n) is 2.68. The molecule has 0 atom stereocenters. The monoisotopic (exact) mass is 286 g/mol. The number of hydrogen-bond acceptors (Lipinski definition) is 3. The van der Waals surface area contributed by atoms with Gasteiger partial charge >= 0.3 is 0 Å². The van der Waals surface area contributed by atoms with Gasteiger partial charge in [0.2, 0.25) is 0 Å². The molecule has 1 aliphatic rings. The third-order valence-corrected chi connectivity index (χ3v) is 3.63. The molecular formula is C12H15BrO3. The van der Waals surface area contributed by atoms with Gasteiger partial charge in [-0.25, -0.2) is 0 Å². The molecule has 0 saturated heterocycles. The fourth-order valence-corrected chi connectivity index (χ4v) is 2.40. The van der Waals surface area contributed by atoms with Gasteiger partial charge in [-0.2, -0.15) is 0 Å². The SMILES string of the molecule is Cc1c(C(C)(C)O)cc2c(c1Br)OCCO2. The predicted molar refractivity (Wildman–Crippen MR) is 65.1 cm³/mol. The third kappa shape index (κ3) is 1.92. The Hall–Kier alpha value is -0.740. The van der Waals surface area contributed by atoms with Crippen LogP contribution < -0.4 is 9.47 Å². The van der Waals surface area contributed by atoms with Crippen molar-refractivity contribution in [2.45, 2.75) is 26.4 Å². The molecule has 1 N–H and O–H groups in total. The topological polar surface area (TPSA) is 38.7 Å². The van der Waals surface area contributed by atoms with Crippen molar-refractivity contribution in [1.82, 2.24) is 0 Å². The molecule has 88 valence electrons. The number of benzene rings is 1. The van der Waals surface area contributed by atoms with Crippen molar-refractivity contribution in [2.75, 3.05) is 13.2 Å². The molecule has 0 unspecified atom stereocenters. The Bertz CT molecular complexity index is 421. The van der Waals surface area contributed by atoms with Crippen LogP contribution in [0, 0.1) is 6.92 Å². The maximum atomic E-state index is 10.1. The molecule has 0 amide bonds. The standard InChI is InChI=1S/C12H15BrO3/c1-7-8(12(2,3)14)6-9-11(10(7)13)16-5-4-15-9/h6,14H,4-5H2,1-3H3. The molecule has 1 heterocycles. The van der Waals surface area contributed by atoms with E-state index >= 15 is 0 Å². The summed E-state index contributed by atoms with van der Waals surface area (Å²) in [4.78, 5) is 0. The molecule has 1 aromatic carbocycles. The Labute approximate surface area is 104 Å². The second-order valence-corrected chi connectivity index (χ2v) is 5.24. The van der Waals surface area contributed by atoms with Gasteiger partial charge in [-0.15, -0.1) is 0 Å². The van der Waals surface area contributed by atoms with Crippen LogP contribution in [0.4, 0.5) is 0 Å². The van der Waals surface area contributed by atoms with Crippen LogP contribution in [0.1, 0.15) is 25.0 Å². The highest BCUT2D eigenvalue weighted by Crippen LogP contribution is 2.43. The van der Waals surface area contributed by atoms with E-state index in [2.05, 4.69) is 15.9 Å². The van der Waals surface area contributed by atoms with E-state index in [-0.39, 0.29) is 0 Å². The van der Waals surface area contributed by atoms with Crippen molar-refractivity contribution in [3.05, 3.63) is 21.7 Å². The maximum absolute atomic E-state index is 10.1. The molecule has 0 aliphatic carbocycles. The minimum Gasteiger partial charge on any atom is -0.486 e. The zero-order valence-electron chi connectivity index (χ0n) is 9.63. The molecule has 4 heteroatoms. The summed E-state index contributed by atoms with van der Waals surface area (Å²) in [5.41, 5.74) is 0.947. The summed E-state index contributed by atoms with van der Waals surface area (Å²) in [6.07, 6.45) is 0. The molecule has 3 nitrogen and oxygen atoms in total. The highest BCUT2D eigenvalue weighted by molar-refractivity contribution is 9.10. The summed E-state index contributed by atoms with van der Waals surface area (Å²) in [5.74, 6) is 1.43. The Balaban J connectivity index is 2.62. The quantitative estimate of drug-likeness (QED) is 0.863. The minimum atomic E-state index is -0.886. The summed E-state index contributed by atoms with van der Waals surface area (Å²) < 4.78 is 11.9. The zero-order chi connectivity index (χ0) is 11.9. The Kier molecular flexibility index (Phi) is 2.88. The maximum Gasteiger partial charge on any atom is 0.175 e. The van der Waals surface area contributed by atoms with Crippen LogP contribution in [0.3, 0.4) is 0 Å². The highest BCUT2D eigenvalue weighted by Gasteiger charge is 2.26. The fraction of sp³-hybridized carbons (Fsp3) is 0.500. The summed E-state index contributed by atoms with van der Waals surface area (Å²) in [6.45, 7) is 6.59. The predicted octanol–water partition coefficient (Wildman–Crippen LogP) is 2.76. The summed E-state index contributed by atoms with van der Waals surface area (Å²) in [5, 5.41) is 10.1. The smallest absolute Gasteiger partial charge is 0.175 e. The van der Waals surface area contributed by atoms with Gasteiger partial charge in [0.25, 0.3) is 0 Å². The largest absolute Gasteiger partial charge is 0.486 e. The van der Waals surface area contributed by atoms with Crippen LogP contribution in [-0.4, -0.2) is 18.3 Å². The number of aliphatic hydroxyl groups is 1. The molecular weight excluding hydrogens is 272 g/mol.